The summed E-state index contributed by atoms with van der Waals surface area (Å²) >= 11 is 6.59. The van der Waals surface area contributed by atoms with Crippen molar-refractivity contribution in [2.75, 3.05) is 14.2 Å². The van der Waals surface area contributed by atoms with Gasteiger partial charge in [-0.05, 0) is 81.1 Å². The molecule has 2 aromatic rings. The first-order valence-electron chi connectivity index (χ1n) is 10.1. The maximum Gasteiger partial charge on any atom is 0.269 e. The molecule has 0 aliphatic carbocycles. The lowest BCUT2D eigenvalue weighted by Crippen LogP contribution is -2.42. The van der Waals surface area contributed by atoms with Crippen LogP contribution in [0.3, 0.4) is 0 Å². The number of carbonyl (C=O) groups excluding carboxylic acids is 4. The molecule has 0 aliphatic heterocycles. The summed E-state index contributed by atoms with van der Waals surface area (Å²) < 4.78 is 11.4. The van der Waals surface area contributed by atoms with Crippen molar-refractivity contribution in [1.29, 1.82) is 0 Å². The first kappa shape index (κ1) is 27.1. The Morgan fingerprint density at radius 2 is 1.06 bits per heavy atom. The average molecular weight is 600 g/mol. The van der Waals surface area contributed by atoms with Crippen molar-refractivity contribution >= 4 is 55.5 Å². The monoisotopic (exact) mass is 598 g/mol. The minimum absolute atomic E-state index is 0.117. The molecule has 10 nitrogen and oxygen atoms in total. The van der Waals surface area contributed by atoms with Crippen LogP contribution in [0, 0.1) is 0 Å². The molecular weight excluding hydrogens is 576 g/mol. The van der Waals surface area contributed by atoms with Crippen LogP contribution >= 0.6 is 31.9 Å². The van der Waals surface area contributed by atoms with Crippen LogP contribution in [0.5, 0.6) is 11.5 Å². The van der Waals surface area contributed by atoms with E-state index < -0.39 is 11.8 Å². The predicted octanol–water partition coefficient (Wildman–Crippen LogP) is 3.01. The van der Waals surface area contributed by atoms with Crippen LogP contribution in [-0.4, -0.2) is 37.8 Å². The largest absolute Gasteiger partial charge is 0.496 e. The van der Waals surface area contributed by atoms with E-state index in [2.05, 4.69) is 53.6 Å². The van der Waals surface area contributed by atoms with Gasteiger partial charge in [0.1, 0.15) is 11.5 Å². The van der Waals surface area contributed by atoms with Crippen molar-refractivity contribution in [3.05, 3.63) is 56.5 Å². The van der Waals surface area contributed by atoms with E-state index in [0.717, 1.165) is 0 Å². The summed E-state index contributed by atoms with van der Waals surface area (Å²) in [6.07, 6.45) is 1.07. The average Bonchev–Trinajstić information content (AvgIpc) is 2.83. The minimum Gasteiger partial charge on any atom is -0.496 e. The van der Waals surface area contributed by atoms with Gasteiger partial charge in [-0.3, -0.25) is 40.9 Å². The van der Waals surface area contributed by atoms with Crippen molar-refractivity contribution in [3.8, 4) is 11.5 Å². The molecule has 182 valence electrons. The molecule has 0 saturated carbocycles. The number of hydrogen-bond donors (Lipinski definition) is 4. The Morgan fingerprint density at radius 3 is 1.38 bits per heavy atom. The number of methoxy groups -OCH3 is 2. The Morgan fingerprint density at radius 1 is 0.676 bits per heavy atom. The molecular formula is C22H24Br2N4O6. The summed E-state index contributed by atoms with van der Waals surface area (Å²) in [5.74, 6) is -0.568. The molecule has 4 N–H and O–H groups in total. The maximum absolute atomic E-state index is 12.1. The Balaban J connectivity index is 1.63. The fourth-order valence-electron chi connectivity index (χ4n) is 2.71. The SMILES string of the molecule is COc1ccc(C(=O)NNC(=O)CCCCC(=O)NNC(=O)c2ccc(OC)c(Br)c2)cc1Br. The van der Waals surface area contributed by atoms with Crippen LogP contribution in [-0.2, 0) is 9.59 Å². The number of benzene rings is 2. The zero-order valence-corrected chi connectivity index (χ0v) is 21.7. The highest BCUT2D eigenvalue weighted by atomic mass is 79.9. The van der Waals surface area contributed by atoms with Gasteiger partial charge in [-0.15, -0.1) is 0 Å². The third-order valence-corrected chi connectivity index (χ3v) is 5.76. The second kappa shape index (κ2) is 13.6. The predicted molar refractivity (Wildman–Crippen MR) is 131 cm³/mol. The lowest BCUT2D eigenvalue weighted by Gasteiger charge is -2.10. The molecule has 4 amide bonds. The molecule has 2 aromatic carbocycles. The lowest BCUT2D eigenvalue weighted by atomic mass is 10.2. The van der Waals surface area contributed by atoms with E-state index in [1.54, 1.807) is 36.4 Å². The number of rotatable bonds is 9. The molecule has 12 heteroatoms. The van der Waals surface area contributed by atoms with Crippen molar-refractivity contribution in [3.63, 3.8) is 0 Å². The molecule has 0 spiro atoms. The van der Waals surface area contributed by atoms with Crippen molar-refractivity contribution in [1.82, 2.24) is 21.7 Å². The second-order valence-corrected chi connectivity index (χ2v) is 8.62. The molecule has 0 bridgehead atoms. The summed E-state index contributed by atoms with van der Waals surface area (Å²) in [5, 5.41) is 0. The van der Waals surface area contributed by atoms with Crippen LogP contribution in [0.2, 0.25) is 0 Å². The maximum atomic E-state index is 12.1. The molecule has 34 heavy (non-hydrogen) atoms. The number of unbranched alkanes of at least 4 members (excludes halogenated alkanes) is 1. The quantitative estimate of drug-likeness (QED) is 0.258. The van der Waals surface area contributed by atoms with E-state index >= 15 is 0 Å². The van der Waals surface area contributed by atoms with Crippen LogP contribution in [0.4, 0.5) is 0 Å². The topological polar surface area (TPSA) is 135 Å². The second-order valence-electron chi connectivity index (χ2n) is 6.91. The highest BCUT2D eigenvalue weighted by molar-refractivity contribution is 9.10. The highest BCUT2D eigenvalue weighted by Gasteiger charge is 2.12. The number of ether oxygens (including phenoxy) is 2. The fraction of sp³-hybridized carbons (Fsp3) is 0.273. The van der Waals surface area contributed by atoms with Crippen LogP contribution in [0.15, 0.2) is 45.3 Å². The van der Waals surface area contributed by atoms with Gasteiger partial charge in [-0.2, -0.15) is 0 Å². The third kappa shape index (κ3) is 8.34. The molecule has 0 heterocycles. The molecule has 0 saturated heterocycles. The van der Waals surface area contributed by atoms with Crippen molar-refractivity contribution in [2.45, 2.75) is 25.7 Å². The number of amides is 4. The first-order chi connectivity index (χ1) is 16.2. The van der Waals surface area contributed by atoms with Gasteiger partial charge in [0.2, 0.25) is 11.8 Å². The summed E-state index contributed by atoms with van der Waals surface area (Å²) in [6.45, 7) is 0. The van der Waals surface area contributed by atoms with Gasteiger partial charge in [0.05, 0.1) is 23.2 Å². The molecule has 0 aliphatic rings. The Bertz CT molecular complexity index is 980. The fourth-order valence-corrected chi connectivity index (χ4v) is 3.79. The van der Waals surface area contributed by atoms with E-state index in [9.17, 15) is 19.2 Å². The van der Waals surface area contributed by atoms with Crippen molar-refractivity contribution in [2.24, 2.45) is 0 Å². The molecule has 0 radical (unpaired) electrons. The Hall–Kier alpha value is -3.12. The van der Waals surface area contributed by atoms with Gasteiger partial charge in [0.25, 0.3) is 11.8 Å². The number of halogens is 2. The smallest absolute Gasteiger partial charge is 0.269 e. The zero-order chi connectivity index (χ0) is 25.1. The van der Waals surface area contributed by atoms with Crippen LogP contribution in [0.25, 0.3) is 0 Å². The zero-order valence-electron chi connectivity index (χ0n) is 18.5. The van der Waals surface area contributed by atoms with E-state index in [-0.39, 0.29) is 24.7 Å². The summed E-state index contributed by atoms with van der Waals surface area (Å²) in [5.41, 5.74) is 10.0. The van der Waals surface area contributed by atoms with Gasteiger partial charge in [0, 0.05) is 24.0 Å². The highest BCUT2D eigenvalue weighted by Crippen LogP contribution is 2.26. The number of carbonyl (C=O) groups is 4. The van der Waals surface area contributed by atoms with E-state index in [1.165, 1.54) is 14.2 Å². The van der Waals surface area contributed by atoms with E-state index in [0.29, 0.717) is 44.4 Å². The van der Waals surface area contributed by atoms with Crippen LogP contribution in [0.1, 0.15) is 46.4 Å². The first-order valence-corrected chi connectivity index (χ1v) is 11.7. The minimum atomic E-state index is -0.476. The van der Waals surface area contributed by atoms with Gasteiger partial charge in [-0.25, -0.2) is 0 Å². The number of hydrazine groups is 2. The number of nitrogens with one attached hydrogen (secondary N) is 4. The summed E-state index contributed by atoms with van der Waals surface area (Å²) in [4.78, 5) is 48.1. The molecule has 0 aromatic heterocycles. The molecule has 0 atom stereocenters. The van der Waals surface area contributed by atoms with Gasteiger partial charge in [0.15, 0.2) is 0 Å². The van der Waals surface area contributed by atoms with E-state index in [4.69, 9.17) is 9.47 Å². The standard InChI is InChI=1S/C22H24Br2N4O6/c1-33-17-9-7-13(11-15(17)23)21(31)27-25-19(29)5-3-4-6-20(30)26-28-22(32)14-8-10-18(34-2)16(24)12-14/h7-12H,3-6H2,1-2H3,(H,25,29)(H,26,30)(H,27,31)(H,28,32). The van der Waals surface area contributed by atoms with E-state index in [1.807, 2.05) is 0 Å². The molecule has 0 fully saturated rings. The molecule has 0 unspecified atom stereocenters. The van der Waals surface area contributed by atoms with Crippen molar-refractivity contribution < 1.29 is 28.7 Å². The summed E-state index contributed by atoms with van der Waals surface area (Å²) in [6, 6.07) is 9.54. The molecule has 2 rings (SSSR count). The van der Waals surface area contributed by atoms with Gasteiger partial charge in [-0.1, -0.05) is 0 Å². The van der Waals surface area contributed by atoms with Gasteiger partial charge < -0.3 is 9.47 Å². The normalized spacial score (nSPS) is 10.1. The van der Waals surface area contributed by atoms with Crippen LogP contribution < -0.4 is 31.2 Å². The third-order valence-electron chi connectivity index (χ3n) is 4.52. The number of hydrogen-bond acceptors (Lipinski definition) is 6. The summed E-state index contributed by atoms with van der Waals surface area (Å²) in [7, 11) is 3.03. The van der Waals surface area contributed by atoms with Gasteiger partial charge >= 0.3 is 0 Å². The Kier molecular flexibility index (Phi) is 10.8. The lowest BCUT2D eigenvalue weighted by molar-refractivity contribution is -0.123. The Labute approximate surface area is 213 Å².